The quantitative estimate of drug-likeness (QED) is 0.798. The van der Waals surface area contributed by atoms with Gasteiger partial charge in [-0.05, 0) is 32.8 Å². The van der Waals surface area contributed by atoms with E-state index in [9.17, 15) is 14.7 Å². The van der Waals surface area contributed by atoms with Crippen molar-refractivity contribution in [2.75, 3.05) is 7.05 Å². The number of hydrogen-bond donors (Lipinski definition) is 2. The molecule has 2 N–H and O–H groups in total. The van der Waals surface area contributed by atoms with Gasteiger partial charge < -0.3 is 10.4 Å². The van der Waals surface area contributed by atoms with E-state index in [1.807, 2.05) is 32.0 Å². The Morgan fingerprint density at radius 3 is 2.11 bits per heavy atom. The summed E-state index contributed by atoms with van der Waals surface area (Å²) in [6, 6.07) is 5.84. The fourth-order valence-corrected chi connectivity index (χ4v) is 2.11. The first-order valence-electron chi connectivity index (χ1n) is 5.82. The third kappa shape index (κ3) is 2.88. The van der Waals surface area contributed by atoms with E-state index in [0.29, 0.717) is 0 Å². The maximum absolute atomic E-state index is 11.8. The summed E-state index contributed by atoms with van der Waals surface area (Å²) in [5.41, 5.74) is 1.56. The van der Waals surface area contributed by atoms with Crippen LogP contribution in [0.5, 0.6) is 0 Å². The van der Waals surface area contributed by atoms with E-state index < -0.39 is 17.3 Å². The molecule has 0 radical (unpaired) electrons. The van der Waals surface area contributed by atoms with Gasteiger partial charge >= 0.3 is 5.97 Å². The molecule has 4 nitrogen and oxygen atoms in total. The molecule has 0 aromatic heterocycles. The summed E-state index contributed by atoms with van der Waals surface area (Å²) in [7, 11) is 1.45. The molecule has 1 aromatic carbocycles. The minimum Gasteiger partial charge on any atom is -0.480 e. The average molecular weight is 249 g/mol. The van der Waals surface area contributed by atoms with Crippen molar-refractivity contribution in [1.29, 1.82) is 0 Å². The van der Waals surface area contributed by atoms with Gasteiger partial charge in [-0.25, -0.2) is 0 Å². The summed E-state index contributed by atoms with van der Waals surface area (Å²) in [5.74, 6) is -1.59. The van der Waals surface area contributed by atoms with E-state index in [4.69, 9.17) is 0 Å². The van der Waals surface area contributed by atoms with E-state index >= 15 is 0 Å². The van der Waals surface area contributed by atoms with Crippen molar-refractivity contribution in [3.63, 3.8) is 0 Å². The Labute approximate surface area is 107 Å². The van der Waals surface area contributed by atoms with Gasteiger partial charge in [-0.2, -0.15) is 0 Å². The molecule has 0 saturated carbocycles. The maximum Gasteiger partial charge on any atom is 0.319 e. The van der Waals surface area contributed by atoms with Crippen LogP contribution in [0.25, 0.3) is 0 Å². The van der Waals surface area contributed by atoms with Crippen LogP contribution in [0.1, 0.15) is 23.6 Å². The summed E-state index contributed by atoms with van der Waals surface area (Å²) >= 11 is 0. The molecule has 0 heterocycles. The number of aryl methyl sites for hydroxylation is 2. The molecule has 0 aliphatic heterocycles. The first-order valence-corrected chi connectivity index (χ1v) is 5.82. The first kappa shape index (κ1) is 14.2. The van der Waals surface area contributed by atoms with Gasteiger partial charge in [0.25, 0.3) is 0 Å². The Hall–Kier alpha value is -1.84. The van der Waals surface area contributed by atoms with E-state index in [1.54, 1.807) is 0 Å². The number of carboxylic acids is 1. The minimum atomic E-state index is -1.44. The molecule has 1 amide bonds. The molecular formula is C14H19NO3. The maximum atomic E-state index is 11.8. The van der Waals surface area contributed by atoms with Gasteiger partial charge in [-0.15, -0.1) is 0 Å². The molecule has 1 unspecified atom stereocenters. The van der Waals surface area contributed by atoms with Crippen molar-refractivity contribution >= 4 is 11.9 Å². The molecule has 98 valence electrons. The number of rotatable bonds is 4. The average Bonchev–Trinajstić information content (AvgIpc) is 2.25. The van der Waals surface area contributed by atoms with Crippen molar-refractivity contribution in [2.45, 2.75) is 27.2 Å². The standard InChI is InChI=1S/C14H19NO3/c1-9-5-10(2)7-11(6-9)8-14(3,13(17)18)12(16)15-4/h5-7H,8H2,1-4H3,(H,15,16)(H,17,18). The smallest absolute Gasteiger partial charge is 0.319 e. The van der Waals surface area contributed by atoms with E-state index in [-0.39, 0.29) is 6.42 Å². The molecule has 0 fully saturated rings. The lowest BCUT2D eigenvalue weighted by Gasteiger charge is -2.23. The summed E-state index contributed by atoms with van der Waals surface area (Å²) in [5, 5.41) is 11.7. The van der Waals surface area contributed by atoms with Gasteiger partial charge in [0.2, 0.25) is 5.91 Å². The second-order valence-corrected chi connectivity index (χ2v) is 4.89. The van der Waals surface area contributed by atoms with Crippen LogP contribution in [0.15, 0.2) is 18.2 Å². The highest BCUT2D eigenvalue weighted by atomic mass is 16.4. The van der Waals surface area contributed by atoms with Crippen molar-refractivity contribution in [3.8, 4) is 0 Å². The van der Waals surface area contributed by atoms with Crippen LogP contribution < -0.4 is 5.32 Å². The largest absolute Gasteiger partial charge is 0.480 e. The molecular weight excluding hydrogens is 230 g/mol. The number of nitrogens with one attached hydrogen (secondary N) is 1. The van der Waals surface area contributed by atoms with Crippen molar-refractivity contribution < 1.29 is 14.7 Å². The molecule has 0 bridgehead atoms. The van der Waals surface area contributed by atoms with Crippen LogP contribution >= 0.6 is 0 Å². The van der Waals surface area contributed by atoms with Crippen LogP contribution in [-0.2, 0) is 16.0 Å². The molecule has 18 heavy (non-hydrogen) atoms. The second kappa shape index (κ2) is 5.21. The fraction of sp³-hybridized carbons (Fsp3) is 0.429. The Morgan fingerprint density at radius 1 is 1.22 bits per heavy atom. The highest BCUT2D eigenvalue weighted by Gasteiger charge is 2.40. The monoisotopic (exact) mass is 249 g/mol. The van der Waals surface area contributed by atoms with Crippen LogP contribution in [0.4, 0.5) is 0 Å². The molecule has 1 aromatic rings. The number of carbonyl (C=O) groups is 2. The van der Waals surface area contributed by atoms with Crippen LogP contribution in [0.3, 0.4) is 0 Å². The van der Waals surface area contributed by atoms with Gasteiger partial charge in [-0.1, -0.05) is 29.3 Å². The zero-order valence-corrected chi connectivity index (χ0v) is 11.2. The summed E-state index contributed by atoms with van der Waals surface area (Å²) in [4.78, 5) is 23.1. The number of carbonyl (C=O) groups excluding carboxylic acids is 1. The normalized spacial score (nSPS) is 13.8. The lowest BCUT2D eigenvalue weighted by molar-refractivity contribution is -0.154. The van der Waals surface area contributed by atoms with Crippen molar-refractivity contribution in [1.82, 2.24) is 5.32 Å². The summed E-state index contributed by atoms with van der Waals surface area (Å²) in [6.07, 6.45) is 0.185. The minimum absolute atomic E-state index is 0.185. The summed E-state index contributed by atoms with van der Waals surface area (Å²) in [6.45, 7) is 5.36. The van der Waals surface area contributed by atoms with Gasteiger partial charge in [-0.3, -0.25) is 9.59 Å². The van der Waals surface area contributed by atoms with Crippen LogP contribution in [0.2, 0.25) is 0 Å². The number of benzene rings is 1. The molecule has 0 aliphatic carbocycles. The highest BCUT2D eigenvalue weighted by Crippen LogP contribution is 2.24. The molecule has 0 spiro atoms. The zero-order valence-electron chi connectivity index (χ0n) is 11.2. The summed E-state index contributed by atoms with van der Waals surface area (Å²) < 4.78 is 0. The number of amides is 1. The molecule has 0 saturated heterocycles. The Kier molecular flexibility index (Phi) is 4.11. The third-order valence-electron chi connectivity index (χ3n) is 3.04. The lowest BCUT2D eigenvalue weighted by atomic mass is 9.82. The number of carboxylic acid groups (broad SMARTS) is 1. The SMILES string of the molecule is CNC(=O)C(C)(Cc1cc(C)cc(C)c1)C(=O)O. The van der Waals surface area contributed by atoms with Gasteiger partial charge in [0, 0.05) is 7.05 Å². The second-order valence-electron chi connectivity index (χ2n) is 4.89. The van der Waals surface area contributed by atoms with Gasteiger partial charge in [0.15, 0.2) is 0 Å². The fourth-order valence-electron chi connectivity index (χ4n) is 2.11. The Morgan fingerprint density at radius 2 is 1.72 bits per heavy atom. The molecule has 4 heteroatoms. The van der Waals surface area contributed by atoms with Gasteiger partial charge in [0.1, 0.15) is 5.41 Å². The van der Waals surface area contributed by atoms with E-state index in [0.717, 1.165) is 16.7 Å². The number of aliphatic carboxylic acids is 1. The van der Waals surface area contributed by atoms with E-state index in [2.05, 4.69) is 5.32 Å². The predicted molar refractivity (Wildman–Crippen MR) is 69.4 cm³/mol. The zero-order chi connectivity index (χ0) is 13.9. The molecule has 0 aliphatic rings. The third-order valence-corrected chi connectivity index (χ3v) is 3.04. The first-order chi connectivity index (χ1) is 8.29. The van der Waals surface area contributed by atoms with Crippen molar-refractivity contribution in [3.05, 3.63) is 34.9 Å². The Balaban J connectivity index is 3.11. The van der Waals surface area contributed by atoms with Crippen LogP contribution in [-0.4, -0.2) is 24.0 Å². The predicted octanol–water partition coefficient (Wildman–Crippen LogP) is 1.68. The van der Waals surface area contributed by atoms with Gasteiger partial charge in [0.05, 0.1) is 0 Å². The van der Waals surface area contributed by atoms with Crippen molar-refractivity contribution in [2.24, 2.45) is 5.41 Å². The van der Waals surface area contributed by atoms with E-state index in [1.165, 1.54) is 14.0 Å². The molecule has 1 rings (SSSR count). The Bertz CT molecular complexity index is 462. The molecule has 1 atom stereocenters. The van der Waals surface area contributed by atoms with Crippen LogP contribution in [0, 0.1) is 19.3 Å². The number of hydrogen-bond acceptors (Lipinski definition) is 2. The lowest BCUT2D eigenvalue weighted by Crippen LogP contribution is -2.44. The topological polar surface area (TPSA) is 66.4 Å². The highest BCUT2D eigenvalue weighted by molar-refractivity contribution is 6.01.